The topological polar surface area (TPSA) is 62.4 Å². The molecule has 3 aromatic heterocycles. The summed E-state index contributed by atoms with van der Waals surface area (Å²) in [5.74, 6) is 0. The standard InChI is InChI=1S/C50H29N5/c51-30-33-11-9-17-37(32-23-25-35(26-24-32)54-46-21-7-3-15-40(46)42-18-10-12-34(31-52)50(42)54)49(33)55-47-22-8-4-16-41(47)43-29-36(27-28-48(43)55)53-44-19-5-1-13-38(44)39-14-2-6-20-45(39)53/h1-29H. The van der Waals surface area contributed by atoms with Crippen molar-refractivity contribution in [3.8, 4) is 40.3 Å². The Kier molecular flexibility index (Phi) is 6.61. The summed E-state index contributed by atoms with van der Waals surface area (Å²) in [5.41, 5.74) is 12.4. The molecule has 0 aliphatic rings. The van der Waals surface area contributed by atoms with Crippen LogP contribution in [0.15, 0.2) is 176 Å². The van der Waals surface area contributed by atoms with Gasteiger partial charge in [0.05, 0.1) is 49.9 Å². The summed E-state index contributed by atoms with van der Waals surface area (Å²) in [6.45, 7) is 0. The molecule has 0 bridgehead atoms. The number of hydrogen-bond acceptors (Lipinski definition) is 2. The van der Waals surface area contributed by atoms with Crippen LogP contribution >= 0.6 is 0 Å². The van der Waals surface area contributed by atoms with Crippen molar-refractivity contribution >= 4 is 65.4 Å². The minimum atomic E-state index is 0.594. The van der Waals surface area contributed by atoms with Crippen LogP contribution in [0, 0.1) is 22.7 Å². The van der Waals surface area contributed by atoms with E-state index in [2.05, 4.69) is 165 Å². The van der Waals surface area contributed by atoms with E-state index in [9.17, 15) is 10.5 Å². The molecule has 0 atom stereocenters. The van der Waals surface area contributed by atoms with E-state index in [0.717, 1.165) is 82.8 Å². The first-order valence-electron chi connectivity index (χ1n) is 18.3. The summed E-state index contributed by atoms with van der Waals surface area (Å²) in [4.78, 5) is 0. The van der Waals surface area contributed by atoms with Crippen LogP contribution in [0.2, 0.25) is 0 Å². The van der Waals surface area contributed by atoms with Gasteiger partial charge in [-0.3, -0.25) is 0 Å². The van der Waals surface area contributed by atoms with Crippen molar-refractivity contribution in [2.75, 3.05) is 0 Å². The molecule has 0 N–H and O–H groups in total. The third-order valence-corrected chi connectivity index (χ3v) is 11.1. The molecule has 55 heavy (non-hydrogen) atoms. The van der Waals surface area contributed by atoms with Crippen LogP contribution < -0.4 is 0 Å². The van der Waals surface area contributed by atoms with Crippen molar-refractivity contribution in [3.63, 3.8) is 0 Å². The molecule has 3 heterocycles. The molecule has 254 valence electrons. The fourth-order valence-electron chi connectivity index (χ4n) is 8.82. The van der Waals surface area contributed by atoms with E-state index >= 15 is 0 Å². The number of nitriles is 2. The Morgan fingerprint density at radius 1 is 0.345 bits per heavy atom. The van der Waals surface area contributed by atoms with Crippen molar-refractivity contribution in [2.24, 2.45) is 0 Å². The van der Waals surface area contributed by atoms with Gasteiger partial charge in [-0.05, 0) is 72.3 Å². The first kappa shape index (κ1) is 30.7. The van der Waals surface area contributed by atoms with Crippen molar-refractivity contribution in [1.82, 2.24) is 13.7 Å². The molecule has 0 spiro atoms. The van der Waals surface area contributed by atoms with E-state index in [0.29, 0.717) is 11.1 Å². The van der Waals surface area contributed by atoms with Crippen molar-refractivity contribution in [3.05, 3.63) is 187 Å². The molecule has 5 heteroatoms. The van der Waals surface area contributed by atoms with Crippen LogP contribution in [0.5, 0.6) is 0 Å². The Bertz CT molecular complexity index is 3400. The second-order valence-corrected chi connectivity index (χ2v) is 14.0. The van der Waals surface area contributed by atoms with Crippen molar-refractivity contribution in [1.29, 1.82) is 10.5 Å². The summed E-state index contributed by atoms with van der Waals surface area (Å²) in [6, 6.07) is 65.9. The maximum atomic E-state index is 10.6. The maximum absolute atomic E-state index is 10.6. The van der Waals surface area contributed by atoms with Crippen LogP contribution in [-0.4, -0.2) is 13.7 Å². The minimum Gasteiger partial charge on any atom is -0.309 e. The van der Waals surface area contributed by atoms with Crippen LogP contribution in [0.4, 0.5) is 0 Å². The molecule has 11 aromatic rings. The predicted molar refractivity (Wildman–Crippen MR) is 224 cm³/mol. The monoisotopic (exact) mass is 699 g/mol. The minimum absolute atomic E-state index is 0.594. The molecule has 0 unspecified atom stereocenters. The molecule has 0 aliphatic heterocycles. The maximum Gasteiger partial charge on any atom is 0.101 e. The molecule has 0 radical (unpaired) electrons. The number of fused-ring (bicyclic) bond motifs is 9. The highest BCUT2D eigenvalue weighted by molar-refractivity contribution is 6.13. The van der Waals surface area contributed by atoms with Crippen LogP contribution in [0.1, 0.15) is 11.1 Å². The van der Waals surface area contributed by atoms with Gasteiger partial charge in [-0.1, -0.05) is 109 Å². The third-order valence-electron chi connectivity index (χ3n) is 11.1. The average Bonchev–Trinajstić information content (AvgIpc) is 3.89. The molecule has 11 rings (SSSR count). The Morgan fingerprint density at radius 2 is 0.818 bits per heavy atom. The van der Waals surface area contributed by atoms with Gasteiger partial charge in [0.2, 0.25) is 0 Å². The number of benzene rings is 8. The van der Waals surface area contributed by atoms with Gasteiger partial charge in [-0.15, -0.1) is 0 Å². The zero-order chi connectivity index (χ0) is 36.6. The highest BCUT2D eigenvalue weighted by Crippen LogP contribution is 2.41. The summed E-state index contributed by atoms with van der Waals surface area (Å²) in [7, 11) is 0. The van der Waals surface area contributed by atoms with Gasteiger partial charge in [-0.2, -0.15) is 10.5 Å². The molecule has 0 amide bonds. The second kappa shape index (κ2) is 11.8. The number of hydrogen-bond donors (Lipinski definition) is 0. The first-order chi connectivity index (χ1) is 27.2. The lowest BCUT2D eigenvalue weighted by molar-refractivity contribution is 1.16. The molecule has 8 aromatic carbocycles. The van der Waals surface area contributed by atoms with Gasteiger partial charge in [0, 0.05) is 49.3 Å². The van der Waals surface area contributed by atoms with Gasteiger partial charge in [0.1, 0.15) is 12.1 Å². The molecular formula is C50H29N5. The largest absolute Gasteiger partial charge is 0.309 e. The van der Waals surface area contributed by atoms with E-state index in [1.807, 2.05) is 36.4 Å². The van der Waals surface area contributed by atoms with E-state index in [1.165, 1.54) is 10.8 Å². The summed E-state index contributed by atoms with van der Waals surface area (Å²) < 4.78 is 6.79. The lowest BCUT2D eigenvalue weighted by Gasteiger charge is -2.17. The lowest BCUT2D eigenvalue weighted by Crippen LogP contribution is -2.01. The van der Waals surface area contributed by atoms with E-state index in [4.69, 9.17) is 0 Å². The van der Waals surface area contributed by atoms with Gasteiger partial charge in [-0.25, -0.2) is 0 Å². The number of aromatic nitrogens is 3. The van der Waals surface area contributed by atoms with E-state index in [1.54, 1.807) is 0 Å². The Labute approximate surface area is 316 Å². The zero-order valence-corrected chi connectivity index (χ0v) is 29.5. The zero-order valence-electron chi connectivity index (χ0n) is 29.5. The van der Waals surface area contributed by atoms with Gasteiger partial charge >= 0.3 is 0 Å². The van der Waals surface area contributed by atoms with Crippen LogP contribution in [0.3, 0.4) is 0 Å². The molecule has 0 saturated heterocycles. The Morgan fingerprint density at radius 3 is 1.45 bits per heavy atom. The average molecular weight is 700 g/mol. The van der Waals surface area contributed by atoms with E-state index in [-0.39, 0.29) is 0 Å². The second-order valence-electron chi connectivity index (χ2n) is 14.0. The molecule has 0 saturated carbocycles. The summed E-state index contributed by atoms with van der Waals surface area (Å²) >= 11 is 0. The highest BCUT2D eigenvalue weighted by Gasteiger charge is 2.21. The van der Waals surface area contributed by atoms with Gasteiger partial charge < -0.3 is 13.7 Å². The molecular weight excluding hydrogens is 671 g/mol. The Balaban J connectivity index is 1.12. The van der Waals surface area contributed by atoms with Gasteiger partial charge in [0.15, 0.2) is 0 Å². The number of para-hydroxylation sites is 6. The first-order valence-corrected chi connectivity index (χ1v) is 18.3. The SMILES string of the molecule is N#Cc1cccc(-c2ccc(-n3c4ccccc4c4cccc(C#N)c43)cc2)c1-n1c2ccccc2c2cc(-n3c4ccccc4c4ccccc43)ccc21. The van der Waals surface area contributed by atoms with Crippen LogP contribution in [0.25, 0.3) is 93.6 Å². The molecule has 0 aliphatic carbocycles. The van der Waals surface area contributed by atoms with Crippen molar-refractivity contribution in [2.45, 2.75) is 0 Å². The quantitative estimate of drug-likeness (QED) is 0.184. The van der Waals surface area contributed by atoms with Crippen molar-refractivity contribution < 1.29 is 0 Å². The fraction of sp³-hybridized carbons (Fsp3) is 0. The van der Waals surface area contributed by atoms with Crippen LogP contribution in [-0.2, 0) is 0 Å². The number of rotatable bonds is 4. The fourth-order valence-corrected chi connectivity index (χ4v) is 8.82. The summed E-state index contributed by atoms with van der Waals surface area (Å²) in [5, 5.41) is 27.6. The smallest absolute Gasteiger partial charge is 0.101 e. The van der Waals surface area contributed by atoms with Gasteiger partial charge in [0.25, 0.3) is 0 Å². The Hall–Kier alpha value is -7.86. The highest BCUT2D eigenvalue weighted by atomic mass is 15.0. The lowest BCUT2D eigenvalue weighted by atomic mass is 9.99. The number of nitrogens with zero attached hydrogens (tertiary/aromatic N) is 5. The predicted octanol–water partition coefficient (Wildman–Crippen LogP) is 12.4. The summed E-state index contributed by atoms with van der Waals surface area (Å²) in [6.07, 6.45) is 0. The normalized spacial score (nSPS) is 11.6. The van der Waals surface area contributed by atoms with E-state index < -0.39 is 0 Å². The molecule has 0 fully saturated rings. The third kappa shape index (κ3) is 4.39. The molecule has 5 nitrogen and oxygen atoms in total.